The number of carbonyl (C=O) groups excluding carboxylic acids is 1. The van der Waals surface area contributed by atoms with Gasteiger partial charge in [-0.25, -0.2) is 5.48 Å². The minimum absolute atomic E-state index is 0.0131. The molecule has 0 aromatic rings. The molecule has 0 saturated carbocycles. The van der Waals surface area contributed by atoms with E-state index in [1.807, 2.05) is 0 Å². The van der Waals surface area contributed by atoms with Crippen molar-refractivity contribution in [3.8, 4) is 0 Å². The van der Waals surface area contributed by atoms with Crippen LogP contribution in [0.25, 0.3) is 0 Å². The van der Waals surface area contributed by atoms with Gasteiger partial charge in [-0.1, -0.05) is 13.8 Å². The van der Waals surface area contributed by atoms with Gasteiger partial charge >= 0.3 is 0 Å². The SMILES string of the molecule is CC(C)CONC(=O)CCC1CCNCC1. The molecule has 1 aliphatic rings. The molecule has 1 heterocycles. The first-order valence-corrected chi connectivity index (χ1v) is 6.30. The van der Waals surface area contributed by atoms with Crippen molar-refractivity contribution >= 4 is 5.91 Å². The Morgan fingerprint density at radius 1 is 1.44 bits per heavy atom. The molecule has 0 radical (unpaired) electrons. The summed E-state index contributed by atoms with van der Waals surface area (Å²) in [7, 11) is 0. The quantitative estimate of drug-likeness (QED) is 0.677. The fourth-order valence-electron chi connectivity index (χ4n) is 1.85. The molecule has 0 atom stereocenters. The van der Waals surface area contributed by atoms with E-state index in [1.165, 1.54) is 12.8 Å². The van der Waals surface area contributed by atoms with E-state index in [0.717, 1.165) is 19.5 Å². The van der Waals surface area contributed by atoms with E-state index in [2.05, 4.69) is 24.6 Å². The highest BCUT2D eigenvalue weighted by Crippen LogP contribution is 2.17. The highest BCUT2D eigenvalue weighted by Gasteiger charge is 2.14. The summed E-state index contributed by atoms with van der Waals surface area (Å²) in [5.74, 6) is 1.17. The molecule has 1 amide bonds. The van der Waals surface area contributed by atoms with Crippen molar-refractivity contribution in [2.75, 3.05) is 19.7 Å². The van der Waals surface area contributed by atoms with E-state index in [0.29, 0.717) is 24.9 Å². The predicted molar refractivity (Wildman–Crippen MR) is 63.8 cm³/mol. The lowest BCUT2D eigenvalue weighted by molar-refractivity contribution is -0.134. The van der Waals surface area contributed by atoms with Crippen LogP contribution in [0.3, 0.4) is 0 Å². The summed E-state index contributed by atoms with van der Waals surface area (Å²) in [6.07, 6.45) is 3.96. The smallest absolute Gasteiger partial charge is 0.243 e. The van der Waals surface area contributed by atoms with Crippen LogP contribution in [0, 0.1) is 11.8 Å². The molecule has 1 rings (SSSR count). The van der Waals surface area contributed by atoms with Crippen molar-refractivity contribution in [3.63, 3.8) is 0 Å². The number of hydroxylamine groups is 1. The second-order valence-electron chi connectivity index (χ2n) is 4.96. The van der Waals surface area contributed by atoms with Crippen molar-refractivity contribution in [2.45, 2.75) is 39.5 Å². The molecule has 16 heavy (non-hydrogen) atoms. The summed E-state index contributed by atoms with van der Waals surface area (Å²) >= 11 is 0. The second-order valence-corrected chi connectivity index (χ2v) is 4.96. The minimum Gasteiger partial charge on any atom is -0.317 e. The molecule has 94 valence electrons. The van der Waals surface area contributed by atoms with Crippen molar-refractivity contribution < 1.29 is 9.63 Å². The average Bonchev–Trinajstić information content (AvgIpc) is 2.27. The van der Waals surface area contributed by atoms with E-state index < -0.39 is 0 Å². The molecule has 1 aliphatic heterocycles. The zero-order valence-electron chi connectivity index (χ0n) is 10.4. The van der Waals surface area contributed by atoms with E-state index in [1.54, 1.807) is 0 Å². The Labute approximate surface area is 98.1 Å². The first kappa shape index (κ1) is 13.5. The van der Waals surface area contributed by atoms with Crippen molar-refractivity contribution in [2.24, 2.45) is 11.8 Å². The van der Waals surface area contributed by atoms with Crippen molar-refractivity contribution in [1.29, 1.82) is 0 Å². The highest BCUT2D eigenvalue weighted by atomic mass is 16.6. The van der Waals surface area contributed by atoms with E-state index in [-0.39, 0.29) is 5.91 Å². The van der Waals surface area contributed by atoms with E-state index in [9.17, 15) is 4.79 Å². The Kier molecular flexibility index (Phi) is 6.42. The van der Waals surface area contributed by atoms with Gasteiger partial charge in [-0.3, -0.25) is 9.63 Å². The second kappa shape index (κ2) is 7.63. The van der Waals surface area contributed by atoms with Gasteiger partial charge in [0.25, 0.3) is 0 Å². The van der Waals surface area contributed by atoms with Gasteiger partial charge in [-0.2, -0.15) is 0 Å². The zero-order valence-corrected chi connectivity index (χ0v) is 10.4. The molecule has 1 fully saturated rings. The molecule has 0 bridgehead atoms. The lowest BCUT2D eigenvalue weighted by Gasteiger charge is -2.22. The van der Waals surface area contributed by atoms with Crippen LogP contribution in [0.1, 0.15) is 39.5 Å². The Bertz CT molecular complexity index is 201. The maximum atomic E-state index is 11.4. The summed E-state index contributed by atoms with van der Waals surface area (Å²) < 4.78 is 0. The Balaban J connectivity index is 2.00. The van der Waals surface area contributed by atoms with Gasteiger partial charge < -0.3 is 5.32 Å². The maximum absolute atomic E-state index is 11.4. The monoisotopic (exact) mass is 228 g/mol. The Morgan fingerprint density at radius 2 is 2.12 bits per heavy atom. The summed E-state index contributed by atoms with van der Waals surface area (Å²) in [5.41, 5.74) is 2.50. The number of rotatable bonds is 6. The number of carbonyl (C=O) groups is 1. The van der Waals surface area contributed by atoms with Gasteiger partial charge in [0.05, 0.1) is 6.61 Å². The number of amides is 1. The van der Waals surface area contributed by atoms with Crippen molar-refractivity contribution in [3.05, 3.63) is 0 Å². The summed E-state index contributed by atoms with van der Waals surface area (Å²) in [6.45, 7) is 6.88. The molecule has 0 spiro atoms. The van der Waals surface area contributed by atoms with Gasteiger partial charge in [-0.05, 0) is 44.2 Å². The van der Waals surface area contributed by atoms with Gasteiger partial charge in [0, 0.05) is 6.42 Å². The lowest BCUT2D eigenvalue weighted by Crippen LogP contribution is -2.30. The molecule has 0 aliphatic carbocycles. The van der Waals surface area contributed by atoms with Gasteiger partial charge in [0.1, 0.15) is 0 Å². The number of piperidine rings is 1. The third-order valence-corrected chi connectivity index (χ3v) is 2.84. The summed E-state index contributed by atoms with van der Waals surface area (Å²) in [4.78, 5) is 16.5. The average molecular weight is 228 g/mol. The van der Waals surface area contributed by atoms with Gasteiger partial charge in [0.2, 0.25) is 5.91 Å². The Hall–Kier alpha value is -0.610. The molecule has 0 aromatic carbocycles. The van der Waals surface area contributed by atoms with E-state index >= 15 is 0 Å². The van der Waals surface area contributed by atoms with Crippen LogP contribution in [0.2, 0.25) is 0 Å². The molecule has 0 unspecified atom stereocenters. The number of nitrogens with one attached hydrogen (secondary N) is 2. The molecular weight excluding hydrogens is 204 g/mol. The third kappa shape index (κ3) is 6.08. The van der Waals surface area contributed by atoms with Crippen LogP contribution in [-0.2, 0) is 9.63 Å². The topological polar surface area (TPSA) is 50.4 Å². The third-order valence-electron chi connectivity index (χ3n) is 2.84. The van der Waals surface area contributed by atoms with E-state index in [4.69, 9.17) is 4.84 Å². The largest absolute Gasteiger partial charge is 0.317 e. The molecule has 1 saturated heterocycles. The standard InChI is InChI=1S/C12H24N2O2/c1-10(2)9-16-14-12(15)4-3-11-5-7-13-8-6-11/h10-11,13H,3-9H2,1-2H3,(H,14,15). The predicted octanol–water partition coefficient (Wildman–Crippen LogP) is 1.47. The fraction of sp³-hybridized carbons (Fsp3) is 0.917. The highest BCUT2D eigenvalue weighted by molar-refractivity contribution is 5.74. The van der Waals surface area contributed by atoms with Gasteiger partial charge in [0.15, 0.2) is 0 Å². The van der Waals surface area contributed by atoms with Crippen LogP contribution in [0.5, 0.6) is 0 Å². The Morgan fingerprint density at radius 3 is 2.75 bits per heavy atom. The van der Waals surface area contributed by atoms with Crippen LogP contribution in [-0.4, -0.2) is 25.6 Å². The number of hydrogen-bond acceptors (Lipinski definition) is 3. The molecule has 4 nitrogen and oxygen atoms in total. The number of hydrogen-bond donors (Lipinski definition) is 2. The summed E-state index contributed by atoms with van der Waals surface area (Å²) in [5, 5.41) is 3.32. The van der Waals surface area contributed by atoms with Crippen LogP contribution in [0.4, 0.5) is 0 Å². The zero-order chi connectivity index (χ0) is 11.8. The van der Waals surface area contributed by atoms with Crippen LogP contribution in [0.15, 0.2) is 0 Å². The first-order valence-electron chi connectivity index (χ1n) is 6.30. The molecule has 2 N–H and O–H groups in total. The minimum atomic E-state index is 0.0131. The summed E-state index contributed by atoms with van der Waals surface area (Å²) in [6, 6.07) is 0. The van der Waals surface area contributed by atoms with Crippen LogP contribution >= 0.6 is 0 Å². The molecule has 4 heteroatoms. The molecule has 0 aromatic heterocycles. The normalized spacial score (nSPS) is 17.7. The molecular formula is C12H24N2O2. The van der Waals surface area contributed by atoms with Crippen LogP contribution < -0.4 is 10.8 Å². The maximum Gasteiger partial charge on any atom is 0.243 e. The fourth-order valence-corrected chi connectivity index (χ4v) is 1.85. The lowest BCUT2D eigenvalue weighted by atomic mass is 9.93. The van der Waals surface area contributed by atoms with Crippen molar-refractivity contribution in [1.82, 2.24) is 10.8 Å². The first-order chi connectivity index (χ1) is 7.68. The van der Waals surface area contributed by atoms with Gasteiger partial charge in [-0.15, -0.1) is 0 Å².